The number of nitrogens with zero attached hydrogens (tertiary/aromatic N) is 3. The van der Waals surface area contributed by atoms with Gasteiger partial charge in [-0.3, -0.25) is 9.36 Å². The summed E-state index contributed by atoms with van der Waals surface area (Å²) < 4.78 is 30.1. The fourth-order valence-corrected chi connectivity index (χ4v) is 2.15. The quantitative estimate of drug-likeness (QED) is 0.514. The number of aliphatic hydroxyl groups is 1. The smallest absolute Gasteiger partial charge is 0.384 e. The number of ether oxygens (including phenoxy) is 1. The lowest BCUT2D eigenvalue weighted by Gasteiger charge is -2.13. The van der Waals surface area contributed by atoms with E-state index in [1.54, 1.807) is 0 Å². The van der Waals surface area contributed by atoms with Crippen LogP contribution in [0.1, 0.15) is 23.3 Å². The van der Waals surface area contributed by atoms with Gasteiger partial charge in [0.1, 0.15) is 12.4 Å². The highest BCUT2D eigenvalue weighted by molar-refractivity contribution is 7.56. The third kappa shape index (κ3) is 3.52. The van der Waals surface area contributed by atoms with Crippen molar-refractivity contribution in [1.82, 2.24) is 14.8 Å². The Bertz CT molecular complexity index is 628. The van der Waals surface area contributed by atoms with Crippen molar-refractivity contribution in [3.8, 4) is 0 Å². The molecule has 1 amide bonds. The third-order valence-electron chi connectivity index (χ3n) is 2.71. The Morgan fingerprint density at radius 3 is 2.81 bits per heavy atom. The minimum Gasteiger partial charge on any atom is -0.388 e. The van der Waals surface area contributed by atoms with Crippen molar-refractivity contribution < 1.29 is 33.4 Å². The molecule has 2 rings (SSSR count). The molecule has 0 unspecified atom stereocenters. The highest BCUT2D eigenvalue weighted by Gasteiger charge is 2.36. The lowest BCUT2D eigenvalue weighted by atomic mass is 10.2. The van der Waals surface area contributed by atoms with Crippen molar-refractivity contribution >= 4 is 13.5 Å². The Morgan fingerprint density at radius 1 is 1.62 bits per heavy atom. The van der Waals surface area contributed by atoms with E-state index in [1.807, 2.05) is 0 Å². The fraction of sp³-hybridized carbons (Fsp3) is 0.444. The van der Waals surface area contributed by atoms with Crippen LogP contribution >= 0.6 is 7.60 Å². The highest BCUT2D eigenvalue weighted by Crippen LogP contribution is 2.46. The molecule has 0 saturated carbocycles. The van der Waals surface area contributed by atoms with Gasteiger partial charge in [-0.15, -0.1) is 5.10 Å². The van der Waals surface area contributed by atoms with Crippen LogP contribution in [0.4, 0.5) is 4.39 Å². The normalized spacial score (nSPS) is 27.0. The molecule has 1 aromatic rings. The van der Waals surface area contributed by atoms with E-state index >= 15 is 0 Å². The molecule has 0 bridgehead atoms. The Hall–Kier alpha value is -1.65. The van der Waals surface area contributed by atoms with Gasteiger partial charge in [-0.2, -0.15) is 4.39 Å². The van der Waals surface area contributed by atoms with Gasteiger partial charge in [-0.05, 0) is 6.08 Å². The van der Waals surface area contributed by atoms with Crippen LogP contribution in [0.25, 0.3) is 0 Å². The molecule has 3 atom stereocenters. The lowest BCUT2D eigenvalue weighted by Crippen LogP contribution is -2.21. The first-order valence-electron chi connectivity index (χ1n) is 5.66. The molecular weight excluding hydrogens is 310 g/mol. The number of halogens is 1. The molecule has 12 heteroatoms. The zero-order chi connectivity index (χ0) is 15.8. The molecule has 21 heavy (non-hydrogen) atoms. The van der Waals surface area contributed by atoms with Crippen molar-refractivity contribution in [3.63, 3.8) is 0 Å². The second kappa shape index (κ2) is 5.62. The van der Waals surface area contributed by atoms with Gasteiger partial charge in [0.05, 0.1) is 6.10 Å². The molecule has 2 heterocycles. The molecule has 5 N–H and O–H groups in total. The largest absolute Gasteiger partial charge is 0.388 e. The summed E-state index contributed by atoms with van der Waals surface area (Å²) in [4.78, 5) is 31.7. The Kier molecular flexibility index (Phi) is 4.21. The number of hydrogen-bond acceptors (Lipinski definition) is 6. The van der Waals surface area contributed by atoms with Crippen LogP contribution in [-0.4, -0.2) is 47.8 Å². The number of primary amides is 1. The Balaban J connectivity index is 2.14. The second-order valence-electron chi connectivity index (χ2n) is 4.31. The van der Waals surface area contributed by atoms with Crippen molar-refractivity contribution in [3.05, 3.63) is 23.8 Å². The minimum absolute atomic E-state index is 0.107. The van der Waals surface area contributed by atoms with Gasteiger partial charge in [0, 0.05) is 6.42 Å². The van der Waals surface area contributed by atoms with E-state index in [0.717, 1.165) is 11.0 Å². The van der Waals surface area contributed by atoms with Crippen LogP contribution in [0.3, 0.4) is 0 Å². The molecule has 116 valence electrons. The summed E-state index contributed by atoms with van der Waals surface area (Å²) in [7, 11) is -4.99. The zero-order valence-corrected chi connectivity index (χ0v) is 11.3. The van der Waals surface area contributed by atoms with E-state index in [4.69, 9.17) is 20.3 Å². The molecule has 1 aliphatic heterocycles. The minimum atomic E-state index is -4.99. The van der Waals surface area contributed by atoms with Crippen LogP contribution in [-0.2, 0) is 9.30 Å². The van der Waals surface area contributed by atoms with Gasteiger partial charge in [0.15, 0.2) is 6.23 Å². The van der Waals surface area contributed by atoms with Gasteiger partial charge in [0.2, 0.25) is 11.4 Å². The number of aliphatic hydroxyl groups excluding tert-OH is 1. The molecule has 10 nitrogen and oxygen atoms in total. The monoisotopic (exact) mass is 322 g/mol. The van der Waals surface area contributed by atoms with Crippen molar-refractivity contribution in [1.29, 1.82) is 0 Å². The molecule has 0 aliphatic carbocycles. The third-order valence-corrected chi connectivity index (χ3v) is 3.41. The molecule has 1 saturated heterocycles. The summed E-state index contributed by atoms with van der Waals surface area (Å²) in [5, 5.41) is 13.5. The first-order valence-corrected chi connectivity index (χ1v) is 7.27. The van der Waals surface area contributed by atoms with Gasteiger partial charge < -0.3 is 25.4 Å². The van der Waals surface area contributed by atoms with E-state index < -0.39 is 37.5 Å². The summed E-state index contributed by atoms with van der Waals surface area (Å²) in [6, 6.07) is 0. The van der Waals surface area contributed by atoms with E-state index in [0.29, 0.717) is 6.08 Å². The summed E-state index contributed by atoms with van der Waals surface area (Å²) in [6.45, 7) is 0. The number of hydrogen-bond donors (Lipinski definition) is 4. The van der Waals surface area contributed by atoms with Crippen molar-refractivity contribution in [2.75, 3.05) is 0 Å². The molecule has 1 aromatic heterocycles. The maximum Gasteiger partial charge on any atom is 0.384 e. The van der Waals surface area contributed by atoms with Gasteiger partial charge in [0.25, 0.3) is 5.91 Å². The standard InChI is InChI=1S/C9H12FN4O6P/c10-6(21(17,18)19)2-4-1-5(15)9(20-4)14-3-12-8(13-14)7(11)16/h2-5,9,15H,1H2,(H2,11,16)(H2,17,18,19)/b6-2+/t4-,5+,9+/m0/s1. The SMILES string of the molecule is NC(=O)c1ncn([C@@H]2O[C@H](/C=C(\F)P(=O)(O)O)C[C@H]2O)n1. The van der Waals surface area contributed by atoms with Gasteiger partial charge >= 0.3 is 7.60 Å². The number of amides is 1. The fourth-order valence-electron chi connectivity index (χ4n) is 1.79. The number of aromatic nitrogens is 3. The van der Waals surface area contributed by atoms with E-state index in [2.05, 4.69) is 10.1 Å². The van der Waals surface area contributed by atoms with Crippen molar-refractivity contribution in [2.45, 2.75) is 24.9 Å². The Labute approximate surface area is 117 Å². The number of rotatable bonds is 4. The second-order valence-corrected chi connectivity index (χ2v) is 5.83. The van der Waals surface area contributed by atoms with E-state index in [9.17, 15) is 18.9 Å². The number of nitrogens with two attached hydrogens (primary N) is 1. The number of carbonyl (C=O) groups excluding carboxylic acids is 1. The van der Waals surface area contributed by atoms with Crippen LogP contribution < -0.4 is 5.73 Å². The summed E-state index contributed by atoms with van der Waals surface area (Å²) in [6.07, 6.45) is -1.67. The van der Waals surface area contributed by atoms with Crippen LogP contribution in [0.15, 0.2) is 18.0 Å². The highest BCUT2D eigenvalue weighted by atomic mass is 31.2. The average Bonchev–Trinajstić information content (AvgIpc) is 2.94. The molecule has 0 spiro atoms. The molecule has 0 radical (unpaired) electrons. The summed E-state index contributed by atoms with van der Waals surface area (Å²) >= 11 is 0. The van der Waals surface area contributed by atoms with Crippen LogP contribution in [0.2, 0.25) is 0 Å². The average molecular weight is 322 g/mol. The predicted octanol–water partition coefficient (Wildman–Crippen LogP) is -0.986. The predicted molar refractivity (Wildman–Crippen MR) is 64.3 cm³/mol. The molecule has 0 aromatic carbocycles. The maximum absolute atomic E-state index is 13.2. The zero-order valence-electron chi connectivity index (χ0n) is 10.4. The lowest BCUT2D eigenvalue weighted by molar-refractivity contribution is -0.0334. The maximum atomic E-state index is 13.2. The first kappa shape index (κ1) is 15.7. The molecule has 1 fully saturated rings. The van der Waals surface area contributed by atoms with Crippen LogP contribution in [0, 0.1) is 0 Å². The number of carbonyl (C=O) groups is 1. The summed E-state index contributed by atoms with van der Waals surface area (Å²) in [5.41, 5.74) is 3.33. The van der Waals surface area contributed by atoms with Gasteiger partial charge in [-0.1, -0.05) is 0 Å². The topological polar surface area (TPSA) is 161 Å². The Morgan fingerprint density at radius 2 is 2.29 bits per heavy atom. The van der Waals surface area contributed by atoms with E-state index in [1.165, 1.54) is 0 Å². The van der Waals surface area contributed by atoms with Crippen molar-refractivity contribution in [2.24, 2.45) is 5.73 Å². The van der Waals surface area contributed by atoms with Crippen LogP contribution in [0.5, 0.6) is 0 Å². The first-order chi connectivity index (χ1) is 9.68. The molecule has 1 aliphatic rings. The summed E-state index contributed by atoms with van der Waals surface area (Å²) in [5.74, 6) is -1.16. The molecular formula is C9H12FN4O6P. The van der Waals surface area contributed by atoms with Gasteiger partial charge in [-0.25, -0.2) is 9.67 Å². The van der Waals surface area contributed by atoms with E-state index in [-0.39, 0.29) is 12.2 Å².